The third-order valence-electron chi connectivity index (χ3n) is 9.47. The van der Waals surface area contributed by atoms with Gasteiger partial charge in [-0.15, -0.1) is 13.2 Å². The van der Waals surface area contributed by atoms with Gasteiger partial charge in [-0.05, 0) is 51.3 Å². The Bertz CT molecular complexity index is 1680. The maximum atomic E-state index is 16.5. The fourth-order valence-electron chi connectivity index (χ4n) is 7.65. The second-order valence-corrected chi connectivity index (χ2v) is 13.2. The van der Waals surface area contributed by atoms with E-state index in [2.05, 4.69) is 20.0 Å². The summed E-state index contributed by atoms with van der Waals surface area (Å²) in [6.07, 6.45) is -2.63. The number of phenols is 1. The first-order valence-electron chi connectivity index (χ1n) is 14.8. The summed E-state index contributed by atoms with van der Waals surface area (Å²) in [5, 5.41) is 13.0. The van der Waals surface area contributed by atoms with E-state index in [-0.39, 0.29) is 41.8 Å². The topological polar surface area (TPSA) is 83.0 Å². The molecular formula is C30H30ClF6N5O3. The normalized spacial score (nSPS) is 28.2. The number of piperazine rings is 1. The number of aromatic nitrogens is 2. The Kier molecular flexibility index (Phi) is 7.21. The van der Waals surface area contributed by atoms with Crippen LogP contribution in [-0.2, 0) is 0 Å². The van der Waals surface area contributed by atoms with Gasteiger partial charge in [-0.1, -0.05) is 11.6 Å². The molecule has 3 aromatic rings. The smallest absolute Gasteiger partial charge is 0.508 e. The first-order chi connectivity index (χ1) is 21.2. The van der Waals surface area contributed by atoms with Crippen molar-refractivity contribution in [3.05, 3.63) is 34.9 Å². The number of ether oxygens (including phenoxy) is 2. The Morgan fingerprint density at radius 3 is 2.71 bits per heavy atom. The highest BCUT2D eigenvalue weighted by atomic mass is 35.5. The zero-order valence-corrected chi connectivity index (χ0v) is 24.9. The van der Waals surface area contributed by atoms with Crippen molar-refractivity contribution in [3.8, 4) is 28.6 Å². The molecule has 8 nitrogen and oxygen atoms in total. The molecule has 4 aliphatic heterocycles. The van der Waals surface area contributed by atoms with E-state index in [4.69, 9.17) is 16.3 Å². The molecule has 0 amide bonds. The highest BCUT2D eigenvalue weighted by Gasteiger charge is 2.49. The Balaban J connectivity index is 1.37. The number of benzene rings is 2. The summed E-state index contributed by atoms with van der Waals surface area (Å²) in [7, 11) is 0. The number of nitrogens with zero attached hydrogens (tertiary/aromatic N) is 4. The predicted octanol–water partition coefficient (Wildman–Crippen LogP) is 6.12. The summed E-state index contributed by atoms with van der Waals surface area (Å²) in [4.78, 5) is 12.8. The number of anilines is 1. The zero-order valence-electron chi connectivity index (χ0n) is 24.2. The van der Waals surface area contributed by atoms with Crippen LogP contribution >= 0.6 is 11.6 Å². The van der Waals surface area contributed by atoms with Crippen LogP contribution in [0.1, 0.15) is 39.0 Å². The van der Waals surface area contributed by atoms with E-state index in [9.17, 15) is 22.7 Å². The fraction of sp³-hybridized carbons (Fsp3) is 0.533. The van der Waals surface area contributed by atoms with Gasteiger partial charge in [0.05, 0.1) is 16.1 Å². The van der Waals surface area contributed by atoms with Crippen LogP contribution in [0.3, 0.4) is 0 Å². The average Bonchev–Trinajstić information content (AvgIpc) is 3.56. The molecule has 0 aliphatic carbocycles. The van der Waals surface area contributed by atoms with Crippen LogP contribution in [0.15, 0.2) is 18.2 Å². The van der Waals surface area contributed by atoms with Crippen molar-refractivity contribution in [2.75, 3.05) is 37.7 Å². The van der Waals surface area contributed by atoms with E-state index in [1.165, 1.54) is 0 Å². The van der Waals surface area contributed by atoms with Crippen molar-refractivity contribution in [1.29, 1.82) is 0 Å². The molecule has 242 valence electrons. The van der Waals surface area contributed by atoms with E-state index in [1.807, 2.05) is 16.7 Å². The van der Waals surface area contributed by atoms with Crippen LogP contribution in [-0.4, -0.2) is 82.4 Å². The molecule has 4 fully saturated rings. The number of hydrogen-bond donors (Lipinski definition) is 2. The molecule has 4 atom stereocenters. The van der Waals surface area contributed by atoms with E-state index in [0.717, 1.165) is 44.0 Å². The van der Waals surface area contributed by atoms with Gasteiger partial charge in [-0.25, -0.2) is 13.2 Å². The predicted molar refractivity (Wildman–Crippen MR) is 154 cm³/mol. The van der Waals surface area contributed by atoms with Crippen molar-refractivity contribution in [2.45, 2.75) is 68.7 Å². The lowest BCUT2D eigenvalue weighted by molar-refractivity contribution is -0.274. The van der Waals surface area contributed by atoms with Gasteiger partial charge in [0.1, 0.15) is 35.7 Å². The third kappa shape index (κ3) is 5.48. The van der Waals surface area contributed by atoms with Crippen LogP contribution in [0.5, 0.6) is 17.5 Å². The number of aromatic hydroxyl groups is 1. The Morgan fingerprint density at radius 1 is 1.16 bits per heavy atom. The van der Waals surface area contributed by atoms with E-state index >= 15 is 8.78 Å². The second kappa shape index (κ2) is 10.7. The molecule has 2 bridgehead atoms. The molecule has 7 rings (SSSR count). The molecule has 0 saturated carbocycles. The minimum atomic E-state index is -5.25. The largest absolute Gasteiger partial charge is 0.573 e. The molecule has 1 aromatic heterocycles. The summed E-state index contributed by atoms with van der Waals surface area (Å²) in [5.74, 6) is -4.07. The number of alkyl halides is 4. The number of nitrogens with one attached hydrogen (secondary N) is 1. The molecule has 2 N–H and O–H groups in total. The van der Waals surface area contributed by atoms with Crippen molar-refractivity contribution >= 4 is 28.3 Å². The molecule has 0 radical (unpaired) electrons. The number of halogens is 7. The molecule has 5 heterocycles. The monoisotopic (exact) mass is 657 g/mol. The highest BCUT2D eigenvalue weighted by molar-refractivity contribution is 6.32. The van der Waals surface area contributed by atoms with Gasteiger partial charge in [0.2, 0.25) is 0 Å². The first-order valence-corrected chi connectivity index (χ1v) is 15.1. The maximum absolute atomic E-state index is 16.5. The van der Waals surface area contributed by atoms with E-state index in [0.29, 0.717) is 26.1 Å². The van der Waals surface area contributed by atoms with Crippen molar-refractivity contribution < 1.29 is 40.9 Å². The highest BCUT2D eigenvalue weighted by Crippen LogP contribution is 2.46. The molecule has 4 aliphatic rings. The van der Waals surface area contributed by atoms with Gasteiger partial charge in [0.25, 0.3) is 0 Å². The lowest BCUT2D eigenvalue weighted by Gasteiger charge is -2.40. The van der Waals surface area contributed by atoms with Crippen LogP contribution in [0.25, 0.3) is 22.0 Å². The van der Waals surface area contributed by atoms with Crippen molar-refractivity contribution in [2.24, 2.45) is 0 Å². The lowest BCUT2D eigenvalue weighted by Crippen LogP contribution is -2.58. The number of hydrogen-bond acceptors (Lipinski definition) is 8. The van der Waals surface area contributed by atoms with Crippen molar-refractivity contribution in [3.63, 3.8) is 0 Å². The standard InChI is InChI=1S/C30H30ClF6N5O3/c1-28-5-3-16(40-28)12-41(13-28)26-19-9-21(33)22(18-7-17(43)8-20(31)25(18)45-30(35,36)37)23(34)24(19)38-27(39-26)44-14-29-4-2-6-42(29)11-15(32)10-29/h7-9,15-16,40,43H,2-6,10-14H2,1H3/t15-,16?,28+,29+/m1/s1. The van der Waals surface area contributed by atoms with Gasteiger partial charge in [0, 0.05) is 54.7 Å². The van der Waals surface area contributed by atoms with Gasteiger partial charge in [0.15, 0.2) is 11.6 Å². The third-order valence-corrected chi connectivity index (χ3v) is 9.75. The average molecular weight is 658 g/mol. The summed E-state index contributed by atoms with van der Waals surface area (Å²) >= 11 is 5.95. The van der Waals surface area contributed by atoms with Crippen LogP contribution in [0.2, 0.25) is 5.02 Å². The Labute approximate surface area is 259 Å². The van der Waals surface area contributed by atoms with Crippen LogP contribution in [0.4, 0.5) is 32.2 Å². The summed E-state index contributed by atoms with van der Waals surface area (Å²) in [6, 6.07) is 2.33. The minimum Gasteiger partial charge on any atom is -0.508 e. The summed E-state index contributed by atoms with van der Waals surface area (Å²) in [6.45, 7) is 4.06. The second-order valence-electron chi connectivity index (χ2n) is 12.8. The number of rotatable bonds is 6. The fourth-order valence-corrected chi connectivity index (χ4v) is 7.90. The molecule has 1 unspecified atom stereocenters. The van der Waals surface area contributed by atoms with Gasteiger partial charge in [-0.2, -0.15) is 9.97 Å². The van der Waals surface area contributed by atoms with Gasteiger partial charge >= 0.3 is 12.4 Å². The first kappa shape index (κ1) is 30.4. The molecule has 2 aromatic carbocycles. The Morgan fingerprint density at radius 2 is 1.96 bits per heavy atom. The van der Waals surface area contributed by atoms with Gasteiger partial charge < -0.3 is 24.8 Å². The summed E-state index contributed by atoms with van der Waals surface area (Å²) < 4.78 is 96.9. The maximum Gasteiger partial charge on any atom is 0.573 e. The van der Waals surface area contributed by atoms with Crippen LogP contribution in [0, 0.1) is 11.6 Å². The number of fused-ring (bicyclic) bond motifs is 4. The SMILES string of the molecule is C[C@]12CCC(CN(c3nc(OC[C@@]45CCCN4C[C@H](F)C5)nc4c(F)c(-c5cc(O)cc(Cl)c5OC(F)(F)F)c(F)cc34)C1)N2. The minimum absolute atomic E-state index is 0.0131. The molecule has 45 heavy (non-hydrogen) atoms. The zero-order chi connectivity index (χ0) is 31.9. The quantitative estimate of drug-likeness (QED) is 0.307. The molecule has 15 heteroatoms. The molecular weight excluding hydrogens is 628 g/mol. The van der Waals surface area contributed by atoms with E-state index in [1.54, 1.807) is 0 Å². The number of phenolic OH excluding ortho intramolecular Hbond substituents is 1. The van der Waals surface area contributed by atoms with Crippen LogP contribution < -0.4 is 19.7 Å². The lowest BCUT2D eigenvalue weighted by atomic mass is 9.95. The molecule has 0 spiro atoms. The summed E-state index contributed by atoms with van der Waals surface area (Å²) in [5.41, 5.74) is -2.93. The molecule has 4 saturated heterocycles. The van der Waals surface area contributed by atoms with Gasteiger partial charge in [-0.3, -0.25) is 4.90 Å². The Hall–Kier alpha value is -3.23. The van der Waals surface area contributed by atoms with Crippen molar-refractivity contribution in [1.82, 2.24) is 20.2 Å². The van der Waals surface area contributed by atoms with E-state index < -0.39 is 62.9 Å².